The molecule has 0 radical (unpaired) electrons. The first-order valence-electron chi connectivity index (χ1n) is 9.90. The van der Waals surface area contributed by atoms with Crippen LogP contribution in [0, 0.1) is 0 Å². The quantitative estimate of drug-likeness (QED) is 0.673. The highest BCUT2D eigenvalue weighted by molar-refractivity contribution is 7.18. The third-order valence-electron chi connectivity index (χ3n) is 5.48. The molecule has 2 atom stereocenters. The Kier molecular flexibility index (Phi) is 5.31. The van der Waals surface area contributed by atoms with E-state index in [0.29, 0.717) is 13.0 Å². The molecule has 28 heavy (non-hydrogen) atoms. The summed E-state index contributed by atoms with van der Waals surface area (Å²) in [6.45, 7) is 7.97. The molecule has 1 saturated heterocycles. The van der Waals surface area contributed by atoms with Crippen LogP contribution >= 0.6 is 11.3 Å². The van der Waals surface area contributed by atoms with Crippen LogP contribution in [0.15, 0.2) is 42.7 Å². The van der Waals surface area contributed by atoms with Crippen LogP contribution in [0.4, 0.5) is 5.82 Å². The first kappa shape index (κ1) is 18.9. The first-order valence-corrected chi connectivity index (χ1v) is 10.7. The molecule has 1 aromatic carbocycles. The molecule has 3 heterocycles. The van der Waals surface area contributed by atoms with Crippen LogP contribution in [0.5, 0.6) is 0 Å². The maximum atomic E-state index is 12.9. The van der Waals surface area contributed by atoms with Gasteiger partial charge in [0.15, 0.2) is 0 Å². The number of nitrogens with zero attached hydrogens (tertiary/aromatic N) is 4. The Morgan fingerprint density at radius 1 is 1.14 bits per heavy atom. The third-order valence-corrected chi connectivity index (χ3v) is 6.67. The molecule has 6 heteroatoms. The van der Waals surface area contributed by atoms with Gasteiger partial charge in [-0.05, 0) is 31.9 Å². The van der Waals surface area contributed by atoms with Crippen molar-refractivity contribution < 1.29 is 4.79 Å². The minimum Gasteiger partial charge on any atom is -0.349 e. The molecule has 0 spiro atoms. The number of piperazine rings is 1. The molecule has 0 aliphatic carbocycles. The number of carbonyl (C=O) groups excluding carboxylic acids is 1. The van der Waals surface area contributed by atoms with Crippen molar-refractivity contribution in [2.75, 3.05) is 18.0 Å². The zero-order valence-corrected chi connectivity index (χ0v) is 17.4. The summed E-state index contributed by atoms with van der Waals surface area (Å²) in [5, 5.41) is 1.13. The van der Waals surface area contributed by atoms with Crippen molar-refractivity contribution >= 4 is 33.3 Å². The molecule has 3 aromatic rings. The van der Waals surface area contributed by atoms with E-state index in [2.05, 4.69) is 41.7 Å². The highest BCUT2D eigenvalue weighted by Gasteiger charge is 2.33. The van der Waals surface area contributed by atoms with Gasteiger partial charge in [-0.3, -0.25) is 4.79 Å². The zero-order valence-electron chi connectivity index (χ0n) is 16.6. The Balaban J connectivity index is 1.54. The smallest absolute Gasteiger partial charge is 0.227 e. The molecule has 4 rings (SSSR count). The Labute approximate surface area is 170 Å². The number of fused-ring (bicyclic) bond motifs is 1. The normalized spacial score (nSPS) is 20.0. The van der Waals surface area contributed by atoms with Crippen LogP contribution in [0.2, 0.25) is 0 Å². The van der Waals surface area contributed by atoms with E-state index < -0.39 is 0 Å². The topological polar surface area (TPSA) is 49.3 Å². The van der Waals surface area contributed by atoms with Crippen molar-refractivity contribution in [3.63, 3.8) is 0 Å². The molecule has 2 aromatic heterocycles. The van der Waals surface area contributed by atoms with Gasteiger partial charge in [0.2, 0.25) is 5.91 Å². The predicted molar refractivity (Wildman–Crippen MR) is 115 cm³/mol. The summed E-state index contributed by atoms with van der Waals surface area (Å²) in [5.41, 5.74) is 1.07. The summed E-state index contributed by atoms with van der Waals surface area (Å²) < 4.78 is 0. The summed E-state index contributed by atoms with van der Waals surface area (Å²) in [5.74, 6) is 1.19. The molecule has 1 fully saturated rings. The van der Waals surface area contributed by atoms with Crippen LogP contribution in [0.25, 0.3) is 10.2 Å². The maximum Gasteiger partial charge on any atom is 0.227 e. The van der Waals surface area contributed by atoms with E-state index in [1.807, 2.05) is 35.2 Å². The third kappa shape index (κ3) is 3.61. The highest BCUT2D eigenvalue weighted by Crippen LogP contribution is 2.33. The van der Waals surface area contributed by atoms with Gasteiger partial charge in [-0.1, -0.05) is 37.3 Å². The van der Waals surface area contributed by atoms with Gasteiger partial charge >= 0.3 is 0 Å². The minimum absolute atomic E-state index is 0.140. The molecule has 2 unspecified atom stereocenters. The molecule has 5 nitrogen and oxygen atoms in total. The number of amides is 1. The zero-order chi connectivity index (χ0) is 19.7. The number of hydrogen-bond donors (Lipinski definition) is 0. The monoisotopic (exact) mass is 394 g/mol. The summed E-state index contributed by atoms with van der Waals surface area (Å²) in [7, 11) is 0. The van der Waals surface area contributed by atoms with Crippen molar-refractivity contribution in [2.24, 2.45) is 0 Å². The number of aryl methyl sites for hydroxylation is 1. The summed E-state index contributed by atoms with van der Waals surface area (Å²) in [4.78, 5) is 28.7. The molecule has 0 N–H and O–H groups in total. The molecular formula is C22H26N4OS. The van der Waals surface area contributed by atoms with Crippen LogP contribution < -0.4 is 4.90 Å². The van der Waals surface area contributed by atoms with Gasteiger partial charge in [-0.15, -0.1) is 11.3 Å². The van der Waals surface area contributed by atoms with Gasteiger partial charge in [0.25, 0.3) is 0 Å². The standard InChI is InChI=1S/C22H26N4OS/c1-4-18-11-19-21(23-14-24-22(19)28-18)26-13-15(2)25(12-16(26)3)20(27)10-17-8-6-5-7-9-17/h5-9,11,14-16H,4,10,12-13H2,1-3H3. The minimum atomic E-state index is 0.140. The number of thiophene rings is 1. The van der Waals surface area contributed by atoms with Crippen molar-refractivity contribution in [2.45, 2.75) is 45.7 Å². The molecule has 146 valence electrons. The van der Waals surface area contributed by atoms with Gasteiger partial charge in [0.05, 0.1) is 11.8 Å². The number of anilines is 1. The van der Waals surface area contributed by atoms with E-state index in [1.165, 1.54) is 4.88 Å². The molecule has 0 saturated carbocycles. The molecule has 1 aliphatic heterocycles. The lowest BCUT2D eigenvalue weighted by Crippen LogP contribution is -2.58. The fourth-order valence-electron chi connectivity index (χ4n) is 3.94. The van der Waals surface area contributed by atoms with Crippen molar-refractivity contribution in [1.82, 2.24) is 14.9 Å². The fraction of sp³-hybridized carbons (Fsp3) is 0.409. The van der Waals surface area contributed by atoms with Crippen LogP contribution in [0.1, 0.15) is 31.2 Å². The van der Waals surface area contributed by atoms with Crippen molar-refractivity contribution in [3.05, 3.63) is 53.2 Å². The number of carbonyl (C=O) groups is 1. The van der Waals surface area contributed by atoms with Crippen LogP contribution in [-0.4, -0.2) is 45.9 Å². The fourth-order valence-corrected chi connectivity index (χ4v) is 4.87. The van der Waals surface area contributed by atoms with E-state index in [0.717, 1.165) is 34.6 Å². The van der Waals surface area contributed by atoms with Gasteiger partial charge in [-0.2, -0.15) is 0 Å². The largest absolute Gasteiger partial charge is 0.349 e. The number of aromatic nitrogens is 2. The van der Waals surface area contributed by atoms with Crippen LogP contribution in [-0.2, 0) is 17.6 Å². The molecule has 0 bridgehead atoms. The molecular weight excluding hydrogens is 368 g/mol. The maximum absolute atomic E-state index is 12.9. The lowest BCUT2D eigenvalue weighted by atomic mass is 10.1. The van der Waals surface area contributed by atoms with Gasteiger partial charge in [0, 0.05) is 30.1 Å². The second-order valence-corrected chi connectivity index (χ2v) is 8.66. The summed E-state index contributed by atoms with van der Waals surface area (Å²) in [6, 6.07) is 12.6. The van der Waals surface area contributed by atoms with Gasteiger partial charge in [0.1, 0.15) is 17.0 Å². The van der Waals surface area contributed by atoms with Gasteiger partial charge < -0.3 is 9.80 Å². The van der Waals surface area contributed by atoms with E-state index >= 15 is 0 Å². The Morgan fingerprint density at radius 3 is 2.68 bits per heavy atom. The number of rotatable bonds is 4. The summed E-state index contributed by atoms with van der Waals surface area (Å²) in [6.07, 6.45) is 3.13. The molecule has 1 aliphatic rings. The average Bonchev–Trinajstić information content (AvgIpc) is 3.13. The summed E-state index contributed by atoms with van der Waals surface area (Å²) >= 11 is 1.74. The number of hydrogen-bond acceptors (Lipinski definition) is 5. The predicted octanol–water partition coefficient (Wildman–Crippen LogP) is 3.92. The Hall–Kier alpha value is -2.47. The number of benzene rings is 1. The van der Waals surface area contributed by atoms with Crippen LogP contribution in [0.3, 0.4) is 0 Å². The second kappa shape index (κ2) is 7.87. The highest BCUT2D eigenvalue weighted by atomic mass is 32.1. The van der Waals surface area contributed by atoms with Crippen molar-refractivity contribution in [3.8, 4) is 0 Å². The lowest BCUT2D eigenvalue weighted by Gasteiger charge is -2.45. The SMILES string of the molecule is CCc1cc2c(N3CC(C)N(C(=O)Cc4ccccc4)CC3C)ncnc2s1. The van der Waals surface area contributed by atoms with E-state index in [9.17, 15) is 4.79 Å². The first-order chi connectivity index (χ1) is 13.6. The van der Waals surface area contributed by atoms with E-state index in [-0.39, 0.29) is 18.0 Å². The Bertz CT molecular complexity index is 971. The molecule has 1 amide bonds. The Morgan fingerprint density at radius 2 is 1.93 bits per heavy atom. The van der Waals surface area contributed by atoms with E-state index in [1.54, 1.807) is 17.7 Å². The van der Waals surface area contributed by atoms with Crippen molar-refractivity contribution in [1.29, 1.82) is 0 Å². The second-order valence-electron chi connectivity index (χ2n) is 7.54. The lowest BCUT2D eigenvalue weighted by molar-refractivity contribution is -0.133. The van der Waals surface area contributed by atoms with E-state index in [4.69, 9.17) is 0 Å². The van der Waals surface area contributed by atoms with Gasteiger partial charge in [-0.25, -0.2) is 9.97 Å². The average molecular weight is 395 g/mol.